The fourth-order valence-electron chi connectivity index (χ4n) is 5.84. The first-order chi connectivity index (χ1) is 18.6. The van der Waals surface area contributed by atoms with Crippen molar-refractivity contribution >= 4 is 28.1 Å². The minimum Gasteiger partial charge on any atom is -0.343 e. The number of fused-ring (bicyclic) bond motifs is 1. The summed E-state index contributed by atoms with van der Waals surface area (Å²) in [6.45, 7) is 9.40. The van der Waals surface area contributed by atoms with E-state index in [2.05, 4.69) is 28.2 Å². The summed E-state index contributed by atoms with van der Waals surface area (Å²) < 4.78 is 15.3. The quantitative estimate of drug-likeness (QED) is 0.250. The number of hydrogen-bond donors (Lipinski definition) is 0. The fraction of sp³-hybridized carbons (Fsp3) is 0.344. The highest BCUT2D eigenvalue weighted by Gasteiger charge is 2.30. The van der Waals surface area contributed by atoms with Crippen molar-refractivity contribution in [2.75, 3.05) is 32.7 Å². The maximum atomic E-state index is 13.4. The second kappa shape index (κ2) is 12.5. The minimum absolute atomic E-state index is 0.141. The van der Waals surface area contributed by atoms with E-state index >= 15 is 0 Å². The molecular weight excluding hydrogens is 493 g/mol. The summed E-state index contributed by atoms with van der Waals surface area (Å²) in [5, 5.41) is 5.18. The molecule has 0 saturated carbocycles. The number of carbonyl (C=O) groups excluding carboxylic acids is 1. The van der Waals surface area contributed by atoms with Crippen LogP contribution in [0.5, 0.6) is 0 Å². The molecule has 0 N–H and O–H groups in total. The van der Waals surface area contributed by atoms with Gasteiger partial charge in [0.25, 0.3) is 5.91 Å². The van der Waals surface area contributed by atoms with Crippen LogP contribution in [0, 0.1) is 11.7 Å². The number of rotatable bonds is 6. The number of allylic oxidation sites excluding steroid dienone is 1. The molecule has 4 aromatic rings. The Hall–Kier alpha value is -3.22. The maximum absolute atomic E-state index is 13.4. The molecule has 1 amide bonds. The number of carbonyl (C=O) groups is 1. The van der Waals surface area contributed by atoms with E-state index in [9.17, 15) is 9.18 Å². The molecule has 1 atom stereocenters. The van der Waals surface area contributed by atoms with Gasteiger partial charge in [-0.05, 0) is 84.8 Å². The Bertz CT molecular complexity index is 1310. The highest BCUT2D eigenvalue weighted by atomic mass is 32.1. The molecule has 2 fully saturated rings. The molecule has 2 aliphatic heterocycles. The van der Waals surface area contributed by atoms with Crippen LogP contribution in [0.4, 0.5) is 4.39 Å². The lowest BCUT2D eigenvalue weighted by Crippen LogP contribution is -2.37. The van der Waals surface area contributed by atoms with Gasteiger partial charge < -0.3 is 14.4 Å². The number of piperidine rings is 1. The second-order valence-electron chi connectivity index (χ2n) is 10.3. The highest BCUT2D eigenvalue weighted by Crippen LogP contribution is 2.30. The van der Waals surface area contributed by atoms with E-state index in [4.69, 9.17) is 0 Å². The first-order valence-corrected chi connectivity index (χ1v) is 14.5. The third-order valence-corrected chi connectivity index (χ3v) is 8.42. The Morgan fingerprint density at radius 1 is 0.974 bits per heavy atom. The van der Waals surface area contributed by atoms with Gasteiger partial charge in [0.2, 0.25) is 0 Å². The summed E-state index contributed by atoms with van der Waals surface area (Å²) in [4.78, 5) is 18.0. The molecule has 4 nitrogen and oxygen atoms in total. The van der Waals surface area contributed by atoms with E-state index in [0.717, 1.165) is 68.5 Å². The van der Waals surface area contributed by atoms with Crippen LogP contribution in [0.15, 0.2) is 90.3 Å². The van der Waals surface area contributed by atoms with Gasteiger partial charge in [-0.15, -0.1) is 6.58 Å². The normalized spacial score (nSPS) is 18.3. The molecule has 6 rings (SSSR count). The second-order valence-corrected chi connectivity index (χ2v) is 11.1. The highest BCUT2D eigenvalue weighted by molar-refractivity contribution is 7.07. The van der Waals surface area contributed by atoms with Gasteiger partial charge in [0, 0.05) is 37.8 Å². The molecule has 0 bridgehead atoms. The Morgan fingerprint density at radius 3 is 2.42 bits per heavy atom. The molecule has 0 radical (unpaired) electrons. The van der Waals surface area contributed by atoms with Crippen LogP contribution in [0.3, 0.4) is 0 Å². The summed E-state index contributed by atoms with van der Waals surface area (Å²) in [5.74, 6) is 1.02. The van der Waals surface area contributed by atoms with Gasteiger partial charge >= 0.3 is 0 Å². The molecule has 4 heterocycles. The first-order valence-electron chi connectivity index (χ1n) is 13.6. The van der Waals surface area contributed by atoms with E-state index in [1.807, 2.05) is 64.3 Å². The van der Waals surface area contributed by atoms with E-state index in [1.165, 1.54) is 5.56 Å². The third kappa shape index (κ3) is 6.25. The van der Waals surface area contributed by atoms with E-state index in [-0.39, 0.29) is 11.7 Å². The maximum Gasteiger partial charge on any atom is 0.256 e. The topological polar surface area (TPSA) is 28.5 Å². The molecule has 0 unspecified atom stereocenters. The lowest BCUT2D eigenvalue weighted by atomic mass is 9.89. The van der Waals surface area contributed by atoms with Gasteiger partial charge in [-0.2, -0.15) is 11.3 Å². The van der Waals surface area contributed by atoms with Gasteiger partial charge in [0.05, 0.1) is 11.1 Å². The van der Waals surface area contributed by atoms with Crippen LogP contribution in [-0.2, 0) is 6.54 Å². The molecule has 2 saturated heterocycles. The summed E-state index contributed by atoms with van der Waals surface area (Å²) in [6.07, 6.45) is 7.19. The molecule has 2 aromatic carbocycles. The fourth-order valence-corrected chi connectivity index (χ4v) is 6.29. The number of amides is 1. The summed E-state index contributed by atoms with van der Waals surface area (Å²) in [5.41, 5.74) is 3.05. The number of halogens is 1. The van der Waals surface area contributed by atoms with E-state index in [0.29, 0.717) is 18.4 Å². The Kier molecular flexibility index (Phi) is 8.72. The van der Waals surface area contributed by atoms with Crippen LogP contribution < -0.4 is 0 Å². The standard InChI is InChI=1S/C28H32FN3O.C4H4S/c1-2-14-31-18-13-24-4-3-5-26(27(24)31)28(33)32-17-10-21(20-32)19-30-15-11-23(12-16-30)22-6-8-25(29)9-7-22;1-2-4-5-3-1/h2-9,13,18,21,23H,1,10-12,14-17,19-20H2;1-4H/t21-;/m1./s1. The van der Waals surface area contributed by atoms with Crippen LogP contribution in [-0.4, -0.2) is 53.0 Å². The largest absolute Gasteiger partial charge is 0.343 e. The number of likely N-dealkylation sites (tertiary alicyclic amines) is 2. The number of benzene rings is 2. The average molecular weight is 530 g/mol. The molecule has 0 spiro atoms. The molecule has 2 aromatic heterocycles. The zero-order valence-corrected chi connectivity index (χ0v) is 22.7. The van der Waals surface area contributed by atoms with Gasteiger partial charge in [-0.1, -0.05) is 42.5 Å². The monoisotopic (exact) mass is 529 g/mol. The number of aromatic nitrogens is 1. The average Bonchev–Trinajstić information content (AvgIpc) is 3.73. The van der Waals surface area contributed by atoms with Crippen molar-refractivity contribution in [1.82, 2.24) is 14.4 Å². The van der Waals surface area contributed by atoms with Gasteiger partial charge in [0.15, 0.2) is 0 Å². The molecule has 38 heavy (non-hydrogen) atoms. The molecular formula is C32H36FN3OS. The predicted molar refractivity (Wildman–Crippen MR) is 155 cm³/mol. The number of hydrogen-bond acceptors (Lipinski definition) is 3. The number of para-hydroxylation sites is 1. The van der Waals surface area contributed by atoms with Crippen molar-refractivity contribution in [2.45, 2.75) is 31.7 Å². The van der Waals surface area contributed by atoms with Crippen LogP contribution >= 0.6 is 11.3 Å². The minimum atomic E-state index is -0.165. The third-order valence-electron chi connectivity index (χ3n) is 7.79. The Morgan fingerprint density at radius 2 is 1.74 bits per heavy atom. The predicted octanol–water partition coefficient (Wildman–Crippen LogP) is 7.06. The summed E-state index contributed by atoms with van der Waals surface area (Å²) in [6, 6.07) is 19.1. The van der Waals surface area contributed by atoms with E-state index in [1.54, 1.807) is 23.5 Å². The first kappa shape index (κ1) is 26.4. The van der Waals surface area contributed by atoms with Crippen molar-refractivity contribution in [2.24, 2.45) is 5.92 Å². The number of thiophene rings is 1. The van der Waals surface area contributed by atoms with Crippen molar-refractivity contribution < 1.29 is 9.18 Å². The zero-order valence-electron chi connectivity index (χ0n) is 21.8. The van der Waals surface area contributed by atoms with E-state index < -0.39 is 0 Å². The lowest BCUT2D eigenvalue weighted by Gasteiger charge is -2.33. The zero-order chi connectivity index (χ0) is 26.3. The van der Waals surface area contributed by atoms with Crippen molar-refractivity contribution in [3.05, 3.63) is 107 Å². The van der Waals surface area contributed by atoms with Crippen molar-refractivity contribution in [3.8, 4) is 0 Å². The SMILES string of the molecule is C=CCn1ccc2cccc(C(=O)N3CC[C@H](CN4CCC(c5ccc(F)cc5)CC4)C3)c21.c1ccsc1. The molecule has 0 aliphatic carbocycles. The van der Waals surface area contributed by atoms with Crippen LogP contribution in [0.25, 0.3) is 10.9 Å². The van der Waals surface area contributed by atoms with Gasteiger partial charge in [-0.3, -0.25) is 4.79 Å². The number of nitrogens with zero attached hydrogens (tertiary/aromatic N) is 3. The Labute approximate surface area is 229 Å². The molecule has 6 heteroatoms. The van der Waals surface area contributed by atoms with Gasteiger partial charge in [-0.25, -0.2) is 4.39 Å². The van der Waals surface area contributed by atoms with Crippen molar-refractivity contribution in [3.63, 3.8) is 0 Å². The van der Waals surface area contributed by atoms with Gasteiger partial charge in [0.1, 0.15) is 5.82 Å². The summed E-state index contributed by atoms with van der Waals surface area (Å²) >= 11 is 1.71. The molecule has 2 aliphatic rings. The van der Waals surface area contributed by atoms with Crippen molar-refractivity contribution in [1.29, 1.82) is 0 Å². The summed E-state index contributed by atoms with van der Waals surface area (Å²) in [7, 11) is 0. The Balaban J connectivity index is 0.000000529. The lowest BCUT2D eigenvalue weighted by molar-refractivity contribution is 0.0783. The van der Waals surface area contributed by atoms with Crippen LogP contribution in [0.2, 0.25) is 0 Å². The smallest absolute Gasteiger partial charge is 0.256 e. The molecule has 198 valence electrons. The van der Waals surface area contributed by atoms with Crippen LogP contribution in [0.1, 0.15) is 41.1 Å².